The van der Waals surface area contributed by atoms with Crippen LogP contribution >= 0.6 is 23.2 Å². The summed E-state index contributed by atoms with van der Waals surface area (Å²) >= 11 is 12.7. The van der Waals surface area contributed by atoms with Gasteiger partial charge in [0.05, 0.1) is 17.9 Å². The van der Waals surface area contributed by atoms with E-state index in [1.807, 2.05) is 0 Å². The molecule has 0 bridgehead atoms. The molecule has 10 nitrogen and oxygen atoms in total. The predicted octanol–water partition coefficient (Wildman–Crippen LogP) is 3.84. The molecule has 42 heavy (non-hydrogen) atoms. The number of fused-ring (bicyclic) bond motifs is 1. The van der Waals surface area contributed by atoms with Gasteiger partial charge in [-0.15, -0.1) is 0 Å². The van der Waals surface area contributed by atoms with Crippen LogP contribution in [0.4, 0.5) is 20.2 Å². The Balaban J connectivity index is 1.44. The number of hydrogen-bond acceptors (Lipinski definition) is 7. The average molecular weight is 624 g/mol. The van der Waals surface area contributed by atoms with E-state index < -0.39 is 36.9 Å². The molecule has 2 heterocycles. The first-order valence-corrected chi connectivity index (χ1v) is 13.6. The number of Topliss-reactive ketones (excluding diaryl/α,β-unsaturated/α-hetero) is 1. The molecular formula is C28H25Cl2F2N3O7+2. The van der Waals surface area contributed by atoms with Crippen molar-refractivity contribution in [2.75, 3.05) is 18.1 Å². The highest BCUT2D eigenvalue weighted by atomic mass is 35.5. The van der Waals surface area contributed by atoms with E-state index in [0.29, 0.717) is 29.3 Å². The van der Waals surface area contributed by atoms with Crippen molar-refractivity contribution < 1.29 is 53.0 Å². The van der Waals surface area contributed by atoms with Crippen LogP contribution in [0.3, 0.4) is 0 Å². The molecule has 1 unspecified atom stereocenters. The van der Waals surface area contributed by atoms with Crippen LogP contribution in [-0.4, -0.2) is 42.6 Å². The number of halogens is 4. The van der Waals surface area contributed by atoms with Gasteiger partial charge in [-0.3, -0.25) is 19.3 Å². The van der Waals surface area contributed by atoms with Crippen molar-refractivity contribution in [3.05, 3.63) is 75.5 Å². The maximum atomic E-state index is 13.2. The van der Waals surface area contributed by atoms with Gasteiger partial charge in [0, 0.05) is 24.1 Å². The molecule has 5 rings (SSSR count). The van der Waals surface area contributed by atoms with Crippen LogP contribution in [0.1, 0.15) is 40.4 Å². The molecule has 1 fully saturated rings. The fourth-order valence-corrected chi connectivity index (χ4v) is 5.02. The van der Waals surface area contributed by atoms with Gasteiger partial charge in [-0.2, -0.15) is 14.3 Å². The smallest absolute Gasteiger partial charge is 0.387 e. The van der Waals surface area contributed by atoms with Crippen LogP contribution < -0.4 is 24.8 Å². The van der Waals surface area contributed by atoms with Crippen LogP contribution in [0, 0.1) is 5.92 Å². The SMILES string of the molecule is O=C(CN1C(=O)C(=O)c2cc([NH2+]O)ccc21)OC(Cc1c(Cl)c[nH+]cc1Cl)c1ccc(OC(F)F)c(OCC2CC2)c1. The molecule has 1 aliphatic carbocycles. The number of ether oxygens (including phenoxy) is 3. The number of carbonyl (C=O) groups excluding carboxylic acids is 3. The first-order chi connectivity index (χ1) is 20.1. The molecule has 1 amide bonds. The number of anilines is 1. The highest BCUT2D eigenvalue weighted by Gasteiger charge is 2.38. The van der Waals surface area contributed by atoms with Crippen LogP contribution in [0.25, 0.3) is 0 Å². The van der Waals surface area contributed by atoms with Crippen LogP contribution in [-0.2, 0) is 20.7 Å². The average Bonchev–Trinajstić information content (AvgIpc) is 3.76. The Morgan fingerprint density at radius 1 is 1.10 bits per heavy atom. The normalized spacial score (nSPS) is 15.1. The maximum absolute atomic E-state index is 13.2. The Morgan fingerprint density at radius 2 is 1.83 bits per heavy atom. The topological polar surface area (TPSA) is 133 Å². The number of nitrogens with two attached hydrogens (primary N) is 1. The molecular weight excluding hydrogens is 599 g/mol. The number of aromatic amines is 1. The van der Waals surface area contributed by atoms with E-state index in [2.05, 4.69) is 9.72 Å². The number of pyridine rings is 1. The number of nitrogens with one attached hydrogen (secondary N) is 1. The lowest BCUT2D eigenvalue weighted by atomic mass is 10.0. The quantitative estimate of drug-likeness (QED) is 0.135. The number of amides is 1. The van der Waals surface area contributed by atoms with Gasteiger partial charge in [0.25, 0.3) is 11.7 Å². The maximum Gasteiger partial charge on any atom is 0.387 e. The van der Waals surface area contributed by atoms with Crippen molar-refractivity contribution >= 4 is 52.2 Å². The van der Waals surface area contributed by atoms with Crippen molar-refractivity contribution in [2.24, 2.45) is 5.92 Å². The number of hydrogen-bond donors (Lipinski definition) is 2. The number of aromatic nitrogens is 1. The van der Waals surface area contributed by atoms with Crippen molar-refractivity contribution in [3.8, 4) is 11.5 Å². The number of alkyl halides is 2. The number of esters is 1. The largest absolute Gasteiger partial charge is 0.489 e. The summed E-state index contributed by atoms with van der Waals surface area (Å²) in [6, 6.07) is 8.45. The molecule has 2 aliphatic rings. The van der Waals surface area contributed by atoms with Crippen molar-refractivity contribution in [3.63, 3.8) is 0 Å². The summed E-state index contributed by atoms with van der Waals surface area (Å²) in [4.78, 5) is 42.3. The third-order valence-corrected chi connectivity index (χ3v) is 7.49. The fourth-order valence-electron chi connectivity index (χ4n) is 4.49. The van der Waals surface area contributed by atoms with Crippen molar-refractivity contribution in [1.29, 1.82) is 0 Å². The zero-order valence-corrected chi connectivity index (χ0v) is 23.3. The molecule has 4 N–H and O–H groups in total. The van der Waals surface area contributed by atoms with Gasteiger partial charge >= 0.3 is 12.6 Å². The number of benzene rings is 2. The van der Waals surface area contributed by atoms with Gasteiger partial charge in [0.2, 0.25) is 0 Å². The molecule has 1 saturated carbocycles. The Hall–Kier alpha value is -3.84. The molecule has 1 aliphatic heterocycles. The monoisotopic (exact) mass is 623 g/mol. The zero-order chi connectivity index (χ0) is 30.0. The predicted molar refractivity (Wildman–Crippen MR) is 143 cm³/mol. The molecule has 2 aromatic carbocycles. The first kappa shape index (κ1) is 29.6. The van der Waals surface area contributed by atoms with Gasteiger partial charge in [-0.25, -0.2) is 10.2 Å². The van der Waals surface area contributed by atoms with Crippen molar-refractivity contribution in [2.45, 2.75) is 32.0 Å². The summed E-state index contributed by atoms with van der Waals surface area (Å²) in [7, 11) is 0. The molecule has 1 aromatic heterocycles. The van der Waals surface area contributed by atoms with E-state index in [-0.39, 0.29) is 39.2 Å². The minimum atomic E-state index is -3.08. The summed E-state index contributed by atoms with van der Waals surface area (Å²) in [6.07, 6.45) is 3.84. The Kier molecular flexibility index (Phi) is 8.88. The summed E-state index contributed by atoms with van der Waals surface area (Å²) in [6.45, 7) is -3.38. The van der Waals surface area contributed by atoms with Gasteiger partial charge in [-0.05, 0) is 42.5 Å². The Morgan fingerprint density at radius 3 is 2.50 bits per heavy atom. The molecule has 0 saturated heterocycles. The third kappa shape index (κ3) is 6.62. The number of nitrogens with zero attached hydrogens (tertiary/aromatic N) is 1. The summed E-state index contributed by atoms with van der Waals surface area (Å²) in [5, 5.41) is 9.78. The lowest BCUT2D eigenvalue weighted by Gasteiger charge is -2.23. The lowest BCUT2D eigenvalue weighted by Crippen LogP contribution is -2.73. The minimum absolute atomic E-state index is 0.0195. The number of carbonyl (C=O) groups is 3. The molecule has 0 spiro atoms. The second kappa shape index (κ2) is 12.6. The van der Waals surface area contributed by atoms with Crippen LogP contribution in [0.15, 0.2) is 48.8 Å². The highest BCUT2D eigenvalue weighted by Crippen LogP contribution is 2.38. The number of quaternary nitrogens is 1. The number of H-pyrrole nitrogens is 1. The molecule has 1 atom stereocenters. The van der Waals surface area contributed by atoms with E-state index in [1.54, 1.807) is 0 Å². The third-order valence-electron chi connectivity index (χ3n) is 6.82. The highest BCUT2D eigenvalue weighted by molar-refractivity contribution is 6.52. The van der Waals surface area contributed by atoms with Crippen molar-refractivity contribution in [1.82, 2.24) is 0 Å². The van der Waals surface area contributed by atoms with Gasteiger partial charge in [-0.1, -0.05) is 29.3 Å². The standard InChI is InChI=1S/C28H23Cl2F2N3O7/c29-19-10-33-11-20(30)17(19)9-23(15-3-6-22(42-28(31)32)24(7-15)40-13-14-1-2-14)41-25(36)12-35-21-5-4-16(34-39)8-18(21)26(37)27(35)38/h3-8,10-11,14,23,28,34,39H,1-2,9,12-13H2/p+2. The summed E-state index contributed by atoms with van der Waals surface area (Å²) in [5.74, 6) is -2.44. The second-order valence-corrected chi connectivity index (χ2v) is 10.6. The fraction of sp³-hybridized carbons (Fsp3) is 0.286. The van der Waals surface area contributed by atoms with Gasteiger partial charge in [0.15, 0.2) is 29.6 Å². The van der Waals surface area contributed by atoms with E-state index in [9.17, 15) is 28.4 Å². The molecule has 0 radical (unpaired) electrons. The zero-order valence-electron chi connectivity index (χ0n) is 21.8. The van der Waals surface area contributed by atoms with Gasteiger partial charge < -0.3 is 14.2 Å². The summed E-state index contributed by atoms with van der Waals surface area (Å²) in [5.41, 5.74) is 2.14. The van der Waals surface area contributed by atoms with Crippen LogP contribution in [0.2, 0.25) is 10.0 Å². The van der Waals surface area contributed by atoms with Crippen LogP contribution in [0.5, 0.6) is 11.5 Å². The molecule has 14 heteroatoms. The lowest BCUT2D eigenvalue weighted by molar-refractivity contribution is -0.825. The Labute approximate surface area is 248 Å². The summed E-state index contributed by atoms with van der Waals surface area (Å²) < 4.78 is 42.4. The second-order valence-electron chi connectivity index (χ2n) is 9.78. The molecule has 220 valence electrons. The number of ketones is 1. The van der Waals surface area contributed by atoms with E-state index in [4.69, 9.17) is 32.7 Å². The first-order valence-electron chi connectivity index (χ1n) is 12.9. The van der Waals surface area contributed by atoms with E-state index >= 15 is 0 Å². The Bertz CT molecular complexity index is 1520. The molecule has 3 aromatic rings. The van der Waals surface area contributed by atoms with Gasteiger partial charge in [0.1, 0.15) is 22.7 Å². The minimum Gasteiger partial charge on any atom is -0.489 e. The number of rotatable bonds is 12. The van der Waals surface area contributed by atoms with E-state index in [0.717, 1.165) is 23.2 Å². The van der Waals surface area contributed by atoms with E-state index in [1.165, 1.54) is 48.8 Å².